The zero-order valence-corrected chi connectivity index (χ0v) is 9.41. The molecule has 84 valence electrons. The first-order valence-electron chi connectivity index (χ1n) is 5.32. The molecular weight excluding hydrogens is 188 g/mol. The van der Waals surface area contributed by atoms with E-state index in [0.717, 1.165) is 37.3 Å². The quantitative estimate of drug-likeness (QED) is 0.551. The topological polar surface area (TPSA) is 42.4 Å². The van der Waals surface area contributed by atoms with Crippen molar-refractivity contribution in [3.63, 3.8) is 0 Å². The lowest BCUT2D eigenvalue weighted by Gasteiger charge is -2.15. The number of hydrogen-bond donors (Lipinski definition) is 1. The Kier molecular flexibility index (Phi) is 5.15. The standard InChI is InChI=1S/C12H20N2O/c1-3-4-5-7-14(2)10-12-11(9-13)6-8-15-12/h3,6,8H,1,4-5,7,9-10,13H2,2H3. The van der Waals surface area contributed by atoms with Crippen molar-refractivity contribution in [3.8, 4) is 0 Å². The molecule has 0 spiro atoms. The number of nitrogens with zero attached hydrogens (tertiary/aromatic N) is 1. The van der Waals surface area contributed by atoms with Crippen molar-refractivity contribution in [3.05, 3.63) is 36.3 Å². The summed E-state index contributed by atoms with van der Waals surface area (Å²) >= 11 is 0. The number of allylic oxidation sites excluding steroid dienone is 1. The average Bonchev–Trinajstić information content (AvgIpc) is 2.65. The minimum atomic E-state index is 0.548. The second kappa shape index (κ2) is 6.43. The monoisotopic (exact) mass is 208 g/mol. The third kappa shape index (κ3) is 3.90. The van der Waals surface area contributed by atoms with Gasteiger partial charge in [0, 0.05) is 12.1 Å². The minimum absolute atomic E-state index is 0.548. The van der Waals surface area contributed by atoms with Crippen LogP contribution in [0.25, 0.3) is 0 Å². The predicted octanol–water partition coefficient (Wildman–Crippen LogP) is 2.14. The predicted molar refractivity (Wildman–Crippen MR) is 62.4 cm³/mol. The van der Waals surface area contributed by atoms with Gasteiger partial charge in [0.05, 0.1) is 12.8 Å². The Morgan fingerprint density at radius 2 is 2.40 bits per heavy atom. The number of nitrogens with two attached hydrogens (primary N) is 1. The van der Waals surface area contributed by atoms with Gasteiger partial charge in [-0.1, -0.05) is 6.08 Å². The van der Waals surface area contributed by atoms with Crippen molar-refractivity contribution < 1.29 is 4.42 Å². The number of rotatable bonds is 7. The molecule has 0 amide bonds. The fourth-order valence-electron chi connectivity index (χ4n) is 1.52. The van der Waals surface area contributed by atoms with Crippen LogP contribution in [0.3, 0.4) is 0 Å². The van der Waals surface area contributed by atoms with Crippen LogP contribution in [0.2, 0.25) is 0 Å². The number of furan rings is 1. The molecule has 0 aliphatic carbocycles. The highest BCUT2D eigenvalue weighted by molar-refractivity contribution is 5.16. The van der Waals surface area contributed by atoms with E-state index in [9.17, 15) is 0 Å². The van der Waals surface area contributed by atoms with Crippen LogP contribution < -0.4 is 5.73 Å². The molecule has 0 bridgehead atoms. The molecular formula is C12H20N2O. The maximum Gasteiger partial charge on any atom is 0.122 e. The van der Waals surface area contributed by atoms with Crippen LogP contribution in [0.1, 0.15) is 24.2 Å². The molecule has 2 N–H and O–H groups in total. The van der Waals surface area contributed by atoms with Crippen molar-refractivity contribution in [1.82, 2.24) is 4.90 Å². The van der Waals surface area contributed by atoms with E-state index in [4.69, 9.17) is 10.2 Å². The Hall–Kier alpha value is -1.06. The first kappa shape index (κ1) is 12.0. The van der Waals surface area contributed by atoms with E-state index in [1.807, 2.05) is 12.1 Å². The van der Waals surface area contributed by atoms with Crippen molar-refractivity contribution in [2.45, 2.75) is 25.9 Å². The molecule has 1 aromatic heterocycles. The van der Waals surface area contributed by atoms with Gasteiger partial charge in [0.1, 0.15) is 5.76 Å². The van der Waals surface area contributed by atoms with E-state index >= 15 is 0 Å². The molecule has 0 atom stereocenters. The molecule has 0 aromatic carbocycles. The van der Waals surface area contributed by atoms with Crippen molar-refractivity contribution in [2.24, 2.45) is 5.73 Å². The fraction of sp³-hybridized carbons (Fsp3) is 0.500. The van der Waals surface area contributed by atoms with E-state index in [0.29, 0.717) is 6.54 Å². The third-order valence-electron chi connectivity index (χ3n) is 2.42. The second-order valence-corrected chi connectivity index (χ2v) is 3.74. The molecule has 3 heteroatoms. The van der Waals surface area contributed by atoms with Gasteiger partial charge in [-0.25, -0.2) is 0 Å². The summed E-state index contributed by atoms with van der Waals surface area (Å²) in [7, 11) is 2.09. The van der Waals surface area contributed by atoms with Crippen LogP contribution in [0.4, 0.5) is 0 Å². The smallest absolute Gasteiger partial charge is 0.122 e. The lowest BCUT2D eigenvalue weighted by molar-refractivity contribution is 0.291. The lowest BCUT2D eigenvalue weighted by Crippen LogP contribution is -2.19. The summed E-state index contributed by atoms with van der Waals surface area (Å²) in [6.07, 6.45) is 5.85. The molecule has 3 nitrogen and oxygen atoms in total. The Balaban J connectivity index is 2.36. The number of hydrogen-bond acceptors (Lipinski definition) is 3. The summed E-state index contributed by atoms with van der Waals surface area (Å²) in [6, 6.07) is 1.94. The Morgan fingerprint density at radius 3 is 3.07 bits per heavy atom. The van der Waals surface area contributed by atoms with Crippen LogP contribution in [0.15, 0.2) is 29.4 Å². The highest BCUT2D eigenvalue weighted by Crippen LogP contribution is 2.12. The van der Waals surface area contributed by atoms with Gasteiger partial charge in [0.2, 0.25) is 0 Å². The van der Waals surface area contributed by atoms with Crippen molar-refractivity contribution in [2.75, 3.05) is 13.6 Å². The highest BCUT2D eigenvalue weighted by atomic mass is 16.3. The van der Waals surface area contributed by atoms with Crippen molar-refractivity contribution >= 4 is 0 Å². The van der Waals surface area contributed by atoms with Crippen LogP contribution in [0, 0.1) is 0 Å². The third-order valence-corrected chi connectivity index (χ3v) is 2.42. The highest BCUT2D eigenvalue weighted by Gasteiger charge is 2.07. The van der Waals surface area contributed by atoms with E-state index in [1.165, 1.54) is 0 Å². The summed E-state index contributed by atoms with van der Waals surface area (Å²) in [6.45, 7) is 6.14. The molecule has 0 aliphatic heterocycles. The van der Waals surface area contributed by atoms with Gasteiger partial charge < -0.3 is 10.2 Å². The van der Waals surface area contributed by atoms with Crippen LogP contribution in [-0.2, 0) is 13.1 Å². The van der Waals surface area contributed by atoms with Gasteiger partial charge in [0.15, 0.2) is 0 Å². The Morgan fingerprint density at radius 1 is 1.60 bits per heavy atom. The first-order chi connectivity index (χ1) is 7.27. The van der Waals surface area contributed by atoms with E-state index < -0.39 is 0 Å². The summed E-state index contributed by atoms with van der Waals surface area (Å²) in [5.41, 5.74) is 6.70. The number of unbranched alkanes of at least 4 members (excludes halogenated alkanes) is 1. The first-order valence-corrected chi connectivity index (χ1v) is 5.32. The minimum Gasteiger partial charge on any atom is -0.468 e. The molecule has 0 saturated heterocycles. The molecule has 0 saturated carbocycles. The zero-order valence-electron chi connectivity index (χ0n) is 9.41. The fourth-order valence-corrected chi connectivity index (χ4v) is 1.52. The van der Waals surface area contributed by atoms with E-state index in [-0.39, 0.29) is 0 Å². The average molecular weight is 208 g/mol. The van der Waals surface area contributed by atoms with Gasteiger partial charge in [-0.3, -0.25) is 4.90 Å². The Bertz CT molecular complexity index is 294. The zero-order chi connectivity index (χ0) is 11.1. The summed E-state index contributed by atoms with van der Waals surface area (Å²) in [4.78, 5) is 2.24. The molecule has 0 unspecified atom stereocenters. The second-order valence-electron chi connectivity index (χ2n) is 3.74. The molecule has 1 heterocycles. The molecule has 1 rings (SSSR count). The normalized spacial score (nSPS) is 10.9. The molecule has 0 aliphatic rings. The molecule has 0 fully saturated rings. The molecule has 1 aromatic rings. The molecule has 0 radical (unpaired) electrons. The van der Waals surface area contributed by atoms with Gasteiger partial charge >= 0.3 is 0 Å². The summed E-state index contributed by atoms with van der Waals surface area (Å²) in [5.74, 6) is 0.985. The van der Waals surface area contributed by atoms with Crippen LogP contribution in [0.5, 0.6) is 0 Å². The van der Waals surface area contributed by atoms with Crippen LogP contribution >= 0.6 is 0 Å². The Labute approximate surface area is 91.6 Å². The summed E-state index contributed by atoms with van der Waals surface area (Å²) < 4.78 is 5.39. The van der Waals surface area contributed by atoms with Gasteiger partial charge in [-0.15, -0.1) is 6.58 Å². The van der Waals surface area contributed by atoms with Gasteiger partial charge in [-0.2, -0.15) is 0 Å². The van der Waals surface area contributed by atoms with E-state index in [2.05, 4.69) is 18.5 Å². The largest absolute Gasteiger partial charge is 0.468 e. The van der Waals surface area contributed by atoms with Crippen molar-refractivity contribution in [1.29, 1.82) is 0 Å². The van der Waals surface area contributed by atoms with Gasteiger partial charge in [0.25, 0.3) is 0 Å². The van der Waals surface area contributed by atoms with E-state index in [1.54, 1.807) is 6.26 Å². The summed E-state index contributed by atoms with van der Waals surface area (Å²) in [5, 5.41) is 0. The molecule has 15 heavy (non-hydrogen) atoms. The van der Waals surface area contributed by atoms with Crippen LogP contribution in [-0.4, -0.2) is 18.5 Å². The maximum atomic E-state index is 5.60. The maximum absolute atomic E-state index is 5.60. The lowest BCUT2D eigenvalue weighted by atomic mass is 10.2. The van der Waals surface area contributed by atoms with Gasteiger partial charge in [-0.05, 0) is 32.5 Å². The SMILES string of the molecule is C=CCCCN(C)Cc1occc1CN.